The Labute approximate surface area is 180 Å². The molecule has 0 aliphatic heterocycles. The zero-order valence-electron chi connectivity index (χ0n) is 18.6. The molecule has 0 aliphatic carbocycles. The number of hydrogen-bond donors (Lipinski definition) is 0. The van der Waals surface area contributed by atoms with Crippen LogP contribution >= 0.6 is 0 Å². The smallest absolute Gasteiger partial charge is 0.258 e. The Bertz CT molecular complexity index is 990. The largest absolute Gasteiger partial charge is 0.496 e. The monoisotopic (exact) mass is 404 g/mol. The van der Waals surface area contributed by atoms with Crippen LogP contribution in [0, 0.1) is 12.8 Å². The fraction of sp³-hybridized carbons (Fsp3) is 0.346. The van der Waals surface area contributed by atoms with E-state index in [4.69, 9.17) is 4.74 Å². The van der Waals surface area contributed by atoms with E-state index in [1.54, 1.807) is 7.11 Å². The van der Waals surface area contributed by atoms with Crippen LogP contribution in [0.4, 0.5) is 0 Å². The number of carbonyl (C=O) groups is 1. The van der Waals surface area contributed by atoms with Gasteiger partial charge in [-0.05, 0) is 49.6 Å². The van der Waals surface area contributed by atoms with Crippen molar-refractivity contribution in [1.82, 2.24) is 9.47 Å². The van der Waals surface area contributed by atoms with Crippen molar-refractivity contribution < 1.29 is 9.53 Å². The van der Waals surface area contributed by atoms with Gasteiger partial charge in [-0.15, -0.1) is 0 Å². The van der Waals surface area contributed by atoms with Gasteiger partial charge in [0, 0.05) is 24.5 Å². The minimum absolute atomic E-state index is 0.00282. The Morgan fingerprint density at radius 1 is 1.03 bits per heavy atom. The molecular formula is C26H32N2O2. The van der Waals surface area contributed by atoms with Gasteiger partial charge in [-0.3, -0.25) is 4.79 Å². The maximum atomic E-state index is 13.5. The first-order valence-electron chi connectivity index (χ1n) is 10.5. The molecule has 3 rings (SSSR count). The molecule has 1 amide bonds. The summed E-state index contributed by atoms with van der Waals surface area (Å²) in [6.45, 7) is 9.87. The van der Waals surface area contributed by atoms with E-state index in [1.807, 2.05) is 29.2 Å². The third-order valence-electron chi connectivity index (χ3n) is 5.75. The van der Waals surface area contributed by atoms with Gasteiger partial charge < -0.3 is 14.2 Å². The quantitative estimate of drug-likeness (QED) is 0.494. The molecule has 0 radical (unpaired) electrons. The molecule has 1 atom stereocenters. The minimum atomic E-state index is -0.00282. The van der Waals surface area contributed by atoms with Crippen LogP contribution in [-0.4, -0.2) is 28.5 Å². The second-order valence-corrected chi connectivity index (χ2v) is 8.23. The first-order valence-corrected chi connectivity index (χ1v) is 10.5. The van der Waals surface area contributed by atoms with Crippen molar-refractivity contribution in [3.63, 3.8) is 0 Å². The first kappa shape index (κ1) is 21.7. The maximum absolute atomic E-state index is 13.5. The molecule has 2 aromatic carbocycles. The summed E-state index contributed by atoms with van der Waals surface area (Å²) >= 11 is 0. The third kappa shape index (κ3) is 4.93. The lowest BCUT2D eigenvalue weighted by molar-refractivity contribution is 0.0619. The van der Waals surface area contributed by atoms with E-state index in [-0.39, 0.29) is 11.9 Å². The van der Waals surface area contributed by atoms with Crippen LogP contribution in [0.1, 0.15) is 48.0 Å². The number of para-hydroxylation sites is 1. The van der Waals surface area contributed by atoms with Gasteiger partial charge in [-0.25, -0.2) is 0 Å². The SMILES string of the molecule is COc1ccccc1C(=O)N(Cc1cccn1Cc1cccc(C)c1)C(C)C(C)C. The molecule has 30 heavy (non-hydrogen) atoms. The lowest BCUT2D eigenvalue weighted by Crippen LogP contribution is -2.41. The van der Waals surface area contributed by atoms with Crippen LogP contribution in [0.15, 0.2) is 66.9 Å². The summed E-state index contributed by atoms with van der Waals surface area (Å²) in [6, 6.07) is 20.2. The number of hydrogen-bond acceptors (Lipinski definition) is 2. The fourth-order valence-corrected chi connectivity index (χ4v) is 3.67. The summed E-state index contributed by atoms with van der Waals surface area (Å²) in [7, 11) is 1.61. The molecule has 1 heterocycles. The minimum Gasteiger partial charge on any atom is -0.496 e. The van der Waals surface area contributed by atoms with Gasteiger partial charge in [-0.2, -0.15) is 0 Å². The van der Waals surface area contributed by atoms with Gasteiger partial charge in [0.2, 0.25) is 0 Å². The van der Waals surface area contributed by atoms with Crippen molar-refractivity contribution in [2.24, 2.45) is 5.92 Å². The number of ether oxygens (including phenoxy) is 1. The number of carbonyl (C=O) groups excluding carboxylic acids is 1. The summed E-state index contributed by atoms with van der Waals surface area (Å²) in [4.78, 5) is 15.5. The van der Waals surface area contributed by atoms with E-state index in [9.17, 15) is 4.79 Å². The highest BCUT2D eigenvalue weighted by atomic mass is 16.5. The number of amides is 1. The Hall–Kier alpha value is -3.01. The Morgan fingerprint density at radius 3 is 2.50 bits per heavy atom. The summed E-state index contributed by atoms with van der Waals surface area (Å²) in [5, 5.41) is 0. The second-order valence-electron chi connectivity index (χ2n) is 8.23. The molecular weight excluding hydrogens is 372 g/mol. The molecule has 0 N–H and O–H groups in total. The van der Waals surface area contributed by atoms with Gasteiger partial charge in [0.1, 0.15) is 5.75 Å². The highest BCUT2D eigenvalue weighted by Gasteiger charge is 2.26. The normalized spacial score (nSPS) is 12.1. The number of aromatic nitrogens is 1. The molecule has 1 unspecified atom stereocenters. The van der Waals surface area contributed by atoms with E-state index in [1.165, 1.54) is 11.1 Å². The maximum Gasteiger partial charge on any atom is 0.258 e. The summed E-state index contributed by atoms with van der Waals surface area (Å²) in [5.74, 6) is 0.944. The van der Waals surface area contributed by atoms with Crippen molar-refractivity contribution in [2.75, 3.05) is 7.11 Å². The Balaban J connectivity index is 1.90. The van der Waals surface area contributed by atoms with Crippen LogP contribution in [-0.2, 0) is 13.1 Å². The van der Waals surface area contributed by atoms with Crippen LogP contribution in [0.3, 0.4) is 0 Å². The zero-order valence-corrected chi connectivity index (χ0v) is 18.6. The van der Waals surface area contributed by atoms with Crippen molar-refractivity contribution in [1.29, 1.82) is 0 Å². The van der Waals surface area contributed by atoms with Gasteiger partial charge >= 0.3 is 0 Å². The number of nitrogens with zero attached hydrogens (tertiary/aromatic N) is 2. The second kappa shape index (κ2) is 9.66. The topological polar surface area (TPSA) is 34.5 Å². The summed E-state index contributed by atoms with van der Waals surface area (Å²) in [5.41, 5.74) is 4.23. The first-order chi connectivity index (χ1) is 14.4. The zero-order chi connectivity index (χ0) is 21.7. The molecule has 1 aromatic heterocycles. The average molecular weight is 405 g/mol. The third-order valence-corrected chi connectivity index (χ3v) is 5.75. The number of rotatable bonds is 8. The van der Waals surface area contributed by atoms with Crippen molar-refractivity contribution in [3.05, 3.63) is 89.2 Å². The molecule has 3 aromatic rings. The van der Waals surface area contributed by atoms with Crippen LogP contribution in [0.2, 0.25) is 0 Å². The van der Waals surface area contributed by atoms with Crippen LogP contribution in [0.5, 0.6) is 5.75 Å². The molecule has 0 bridgehead atoms. The molecule has 4 nitrogen and oxygen atoms in total. The van der Waals surface area contributed by atoms with Crippen molar-refractivity contribution in [2.45, 2.75) is 46.8 Å². The summed E-state index contributed by atoms with van der Waals surface area (Å²) in [6.07, 6.45) is 2.09. The predicted octanol–water partition coefficient (Wildman–Crippen LogP) is 5.54. The predicted molar refractivity (Wildman–Crippen MR) is 122 cm³/mol. The van der Waals surface area contributed by atoms with Gasteiger partial charge in [-0.1, -0.05) is 55.8 Å². The van der Waals surface area contributed by atoms with Crippen LogP contribution in [0.25, 0.3) is 0 Å². The molecule has 0 saturated heterocycles. The van der Waals surface area contributed by atoms with Gasteiger partial charge in [0.05, 0.1) is 19.2 Å². The number of aryl methyl sites for hydroxylation is 1. The highest BCUT2D eigenvalue weighted by molar-refractivity contribution is 5.97. The van der Waals surface area contributed by atoms with Crippen LogP contribution < -0.4 is 4.74 Å². The van der Waals surface area contributed by atoms with E-state index in [2.05, 4.69) is 74.9 Å². The fourth-order valence-electron chi connectivity index (χ4n) is 3.67. The Morgan fingerprint density at radius 2 is 1.80 bits per heavy atom. The van der Waals surface area contributed by atoms with Crippen molar-refractivity contribution >= 4 is 5.91 Å². The van der Waals surface area contributed by atoms with Gasteiger partial charge in [0.15, 0.2) is 0 Å². The van der Waals surface area contributed by atoms with E-state index in [0.29, 0.717) is 23.8 Å². The van der Waals surface area contributed by atoms with Gasteiger partial charge in [0.25, 0.3) is 5.91 Å². The lowest BCUT2D eigenvalue weighted by atomic mass is 10.0. The Kier molecular flexibility index (Phi) is 6.99. The lowest BCUT2D eigenvalue weighted by Gasteiger charge is -2.32. The number of benzene rings is 2. The van der Waals surface area contributed by atoms with E-state index < -0.39 is 0 Å². The molecule has 158 valence electrons. The molecule has 0 fully saturated rings. The van der Waals surface area contributed by atoms with Crippen molar-refractivity contribution in [3.8, 4) is 5.75 Å². The number of methoxy groups -OCH3 is 1. The highest BCUT2D eigenvalue weighted by Crippen LogP contribution is 2.24. The summed E-state index contributed by atoms with van der Waals surface area (Å²) < 4.78 is 7.68. The average Bonchev–Trinajstić information content (AvgIpc) is 3.17. The molecule has 0 saturated carbocycles. The van der Waals surface area contributed by atoms with E-state index in [0.717, 1.165) is 12.2 Å². The van der Waals surface area contributed by atoms with E-state index >= 15 is 0 Å². The standard InChI is InChI=1S/C26H32N2O2/c1-19(2)21(4)28(26(29)24-13-6-7-14-25(24)30-5)18-23-12-9-15-27(23)17-22-11-8-10-20(3)16-22/h6-16,19,21H,17-18H2,1-5H3. The molecule has 0 aliphatic rings. The molecule has 4 heteroatoms. The molecule has 0 spiro atoms.